The first-order valence-electron chi connectivity index (χ1n) is 10.1. The number of benzene rings is 2. The van der Waals surface area contributed by atoms with E-state index >= 15 is 0 Å². The lowest BCUT2D eigenvalue weighted by Gasteiger charge is -2.26. The van der Waals surface area contributed by atoms with Crippen LogP contribution >= 0.6 is 0 Å². The average molecular weight is 430 g/mol. The molecule has 0 radical (unpaired) electrons. The fourth-order valence-electron chi connectivity index (χ4n) is 3.46. The summed E-state index contributed by atoms with van der Waals surface area (Å²) in [6, 6.07) is 9.78. The minimum absolute atomic E-state index is 0.110. The minimum atomic E-state index is -3.67. The molecule has 1 heterocycles. The van der Waals surface area contributed by atoms with Crippen LogP contribution in [0.3, 0.4) is 0 Å². The molecule has 30 heavy (non-hydrogen) atoms. The van der Waals surface area contributed by atoms with Gasteiger partial charge in [-0.1, -0.05) is 24.6 Å². The van der Waals surface area contributed by atoms with Crippen molar-refractivity contribution in [2.75, 3.05) is 19.7 Å². The molecule has 1 aliphatic heterocycles. The van der Waals surface area contributed by atoms with Gasteiger partial charge in [0.25, 0.3) is 0 Å². The monoisotopic (exact) mass is 429 g/mol. The van der Waals surface area contributed by atoms with Crippen LogP contribution in [0.15, 0.2) is 41.3 Å². The second-order valence-corrected chi connectivity index (χ2v) is 9.65. The number of carbonyl (C=O) groups excluding carboxylic acids is 2. The fraction of sp³-hybridized carbons (Fsp3) is 0.391. The van der Waals surface area contributed by atoms with Crippen molar-refractivity contribution in [1.29, 1.82) is 0 Å². The third-order valence-electron chi connectivity index (χ3n) is 5.52. The summed E-state index contributed by atoms with van der Waals surface area (Å²) in [6.45, 7) is 6.14. The van der Waals surface area contributed by atoms with Gasteiger partial charge in [-0.15, -0.1) is 0 Å². The quantitative estimate of drug-likeness (QED) is 0.515. The molecule has 0 aromatic heterocycles. The number of esters is 1. The summed E-state index contributed by atoms with van der Waals surface area (Å²) in [4.78, 5) is 24.9. The van der Waals surface area contributed by atoms with Crippen molar-refractivity contribution in [1.82, 2.24) is 4.31 Å². The van der Waals surface area contributed by atoms with E-state index in [0.717, 1.165) is 30.4 Å². The molecule has 2 aromatic rings. The Labute approximate surface area is 177 Å². The molecule has 6 nitrogen and oxygen atoms in total. The van der Waals surface area contributed by atoms with Crippen molar-refractivity contribution < 1.29 is 22.7 Å². The van der Waals surface area contributed by atoms with E-state index in [1.165, 1.54) is 16.4 Å². The molecule has 0 spiro atoms. The van der Waals surface area contributed by atoms with Crippen molar-refractivity contribution >= 4 is 21.8 Å². The van der Waals surface area contributed by atoms with Crippen LogP contribution in [0.1, 0.15) is 56.7 Å². The second kappa shape index (κ2) is 9.10. The number of ether oxygens (including phenoxy) is 1. The van der Waals surface area contributed by atoms with Crippen molar-refractivity contribution in [2.45, 2.75) is 44.9 Å². The molecule has 0 N–H and O–H groups in total. The molecule has 160 valence electrons. The van der Waals surface area contributed by atoms with Crippen LogP contribution in [0, 0.1) is 20.8 Å². The molecule has 7 heteroatoms. The molecule has 1 saturated heterocycles. The third kappa shape index (κ3) is 4.79. The normalized spacial score (nSPS) is 15.0. The number of hydrogen-bond acceptors (Lipinski definition) is 5. The lowest BCUT2D eigenvalue weighted by molar-refractivity contribution is 0.0474. The van der Waals surface area contributed by atoms with Crippen LogP contribution in [0.5, 0.6) is 0 Å². The summed E-state index contributed by atoms with van der Waals surface area (Å²) < 4.78 is 32.7. The van der Waals surface area contributed by atoms with Gasteiger partial charge in [-0.3, -0.25) is 4.79 Å². The van der Waals surface area contributed by atoms with Crippen LogP contribution in [0.25, 0.3) is 0 Å². The lowest BCUT2D eigenvalue weighted by Crippen LogP contribution is -2.36. The van der Waals surface area contributed by atoms with Gasteiger partial charge in [0.1, 0.15) is 0 Å². The standard InChI is InChI=1S/C23H27NO5S/c1-16-7-9-19(13-18(16)3)21(25)15-29-23(26)20-10-8-17(2)22(14-20)30(27,28)24-11-5-4-6-12-24/h7-10,13-14H,4-6,11-12,15H2,1-3H3. The lowest BCUT2D eigenvalue weighted by atomic mass is 10.0. The van der Waals surface area contributed by atoms with E-state index in [2.05, 4.69) is 0 Å². The van der Waals surface area contributed by atoms with Gasteiger partial charge in [0.05, 0.1) is 10.5 Å². The van der Waals surface area contributed by atoms with Gasteiger partial charge in [-0.05, 0) is 68.5 Å². The zero-order valence-electron chi connectivity index (χ0n) is 17.6. The summed E-state index contributed by atoms with van der Waals surface area (Å²) in [7, 11) is -3.67. The van der Waals surface area contributed by atoms with Gasteiger partial charge in [-0.2, -0.15) is 4.31 Å². The number of piperidine rings is 1. The van der Waals surface area contributed by atoms with Gasteiger partial charge in [-0.25, -0.2) is 13.2 Å². The Hall–Kier alpha value is -2.51. The van der Waals surface area contributed by atoms with E-state index < -0.39 is 22.6 Å². The van der Waals surface area contributed by atoms with Crippen LogP contribution in [-0.2, 0) is 14.8 Å². The maximum Gasteiger partial charge on any atom is 0.338 e. The average Bonchev–Trinajstić information content (AvgIpc) is 2.74. The Kier molecular flexibility index (Phi) is 6.73. The Morgan fingerprint density at radius 1 is 0.867 bits per heavy atom. The zero-order chi connectivity index (χ0) is 21.9. The van der Waals surface area contributed by atoms with Crippen molar-refractivity contribution in [2.24, 2.45) is 0 Å². The van der Waals surface area contributed by atoms with Crippen LogP contribution in [-0.4, -0.2) is 44.2 Å². The molecule has 0 unspecified atom stereocenters. The first-order chi connectivity index (χ1) is 14.2. The van der Waals surface area contributed by atoms with Crippen LogP contribution in [0.4, 0.5) is 0 Å². The van der Waals surface area contributed by atoms with Crippen molar-refractivity contribution in [3.63, 3.8) is 0 Å². The highest BCUT2D eigenvalue weighted by atomic mass is 32.2. The molecule has 1 aliphatic rings. The van der Waals surface area contributed by atoms with Gasteiger partial charge in [0.2, 0.25) is 10.0 Å². The van der Waals surface area contributed by atoms with Gasteiger partial charge >= 0.3 is 5.97 Å². The van der Waals surface area contributed by atoms with Gasteiger partial charge in [0, 0.05) is 18.7 Å². The van der Waals surface area contributed by atoms with Crippen LogP contribution < -0.4 is 0 Å². The topological polar surface area (TPSA) is 80.8 Å². The Morgan fingerprint density at radius 3 is 2.17 bits per heavy atom. The number of Topliss-reactive ketones (excluding diaryl/α,β-unsaturated/α-hetero) is 1. The minimum Gasteiger partial charge on any atom is -0.454 e. The maximum atomic E-state index is 13.0. The van der Waals surface area contributed by atoms with E-state index in [9.17, 15) is 18.0 Å². The molecule has 0 saturated carbocycles. The van der Waals surface area contributed by atoms with Crippen LogP contribution in [0.2, 0.25) is 0 Å². The molecule has 3 rings (SSSR count). The molecule has 2 aromatic carbocycles. The van der Waals surface area contributed by atoms with E-state index in [0.29, 0.717) is 24.2 Å². The summed E-state index contributed by atoms with van der Waals surface area (Å²) in [6.07, 6.45) is 2.69. The SMILES string of the molecule is Cc1ccc(C(=O)COC(=O)c2ccc(C)c(S(=O)(=O)N3CCCCC3)c2)cc1C. The Balaban J connectivity index is 1.74. The van der Waals surface area contributed by atoms with E-state index in [4.69, 9.17) is 4.74 Å². The summed E-state index contributed by atoms with van der Waals surface area (Å²) in [5, 5.41) is 0. The Bertz CT molecular complexity index is 1070. The predicted molar refractivity (Wildman–Crippen MR) is 114 cm³/mol. The van der Waals surface area contributed by atoms with Gasteiger partial charge < -0.3 is 4.74 Å². The zero-order valence-corrected chi connectivity index (χ0v) is 18.4. The van der Waals surface area contributed by atoms with E-state index in [1.54, 1.807) is 25.1 Å². The molecular formula is C23H27NO5S. The Morgan fingerprint density at radius 2 is 1.50 bits per heavy atom. The second-order valence-electron chi connectivity index (χ2n) is 7.74. The molecule has 0 atom stereocenters. The fourth-order valence-corrected chi connectivity index (χ4v) is 5.23. The third-order valence-corrected chi connectivity index (χ3v) is 7.56. The number of aryl methyl sites for hydroxylation is 3. The summed E-state index contributed by atoms with van der Waals surface area (Å²) >= 11 is 0. The number of sulfonamides is 1. The highest BCUT2D eigenvalue weighted by Crippen LogP contribution is 2.24. The molecule has 0 aliphatic carbocycles. The first kappa shape index (κ1) is 22.2. The molecule has 1 fully saturated rings. The van der Waals surface area contributed by atoms with Crippen molar-refractivity contribution in [3.8, 4) is 0 Å². The largest absolute Gasteiger partial charge is 0.454 e. The van der Waals surface area contributed by atoms with E-state index in [1.807, 2.05) is 19.9 Å². The molecule has 0 amide bonds. The van der Waals surface area contributed by atoms with Crippen molar-refractivity contribution in [3.05, 3.63) is 64.2 Å². The number of rotatable bonds is 6. The number of ketones is 1. The molecule has 0 bridgehead atoms. The predicted octanol–water partition coefficient (Wildman–Crippen LogP) is 3.83. The number of hydrogen-bond donors (Lipinski definition) is 0. The molecular weight excluding hydrogens is 402 g/mol. The first-order valence-corrected chi connectivity index (χ1v) is 11.5. The number of carbonyl (C=O) groups is 2. The highest BCUT2D eigenvalue weighted by molar-refractivity contribution is 7.89. The van der Waals surface area contributed by atoms with Gasteiger partial charge in [0.15, 0.2) is 12.4 Å². The summed E-state index contributed by atoms with van der Waals surface area (Å²) in [5.74, 6) is -1.03. The van der Waals surface area contributed by atoms with E-state index in [-0.39, 0.29) is 16.2 Å². The summed E-state index contributed by atoms with van der Waals surface area (Å²) in [5.41, 5.74) is 3.22. The highest BCUT2D eigenvalue weighted by Gasteiger charge is 2.28. The number of nitrogens with zero attached hydrogens (tertiary/aromatic N) is 1. The maximum absolute atomic E-state index is 13.0. The smallest absolute Gasteiger partial charge is 0.338 e.